The van der Waals surface area contributed by atoms with Gasteiger partial charge in [0.25, 0.3) is 0 Å². The molecule has 0 bridgehead atoms. The molecule has 1 heterocycles. The van der Waals surface area contributed by atoms with Crippen molar-refractivity contribution in [2.45, 2.75) is 24.7 Å². The van der Waals surface area contributed by atoms with E-state index in [2.05, 4.69) is 32.5 Å². The third-order valence-electron chi connectivity index (χ3n) is 3.55. The molecule has 1 aromatic heterocycles. The van der Waals surface area contributed by atoms with Crippen molar-refractivity contribution in [1.29, 1.82) is 0 Å². The Hall–Kier alpha value is -1.86. The molecule has 1 N–H and O–H groups in total. The second-order valence-electron chi connectivity index (χ2n) is 5.38. The molecule has 1 atom stereocenters. The van der Waals surface area contributed by atoms with Gasteiger partial charge < -0.3 is 14.8 Å². The maximum Gasteiger partial charge on any atom is 0.230 e. The maximum absolute atomic E-state index is 12.1. The molecule has 0 saturated carbocycles. The summed E-state index contributed by atoms with van der Waals surface area (Å²) in [5.41, 5.74) is 1.19. The van der Waals surface area contributed by atoms with Crippen LogP contribution < -0.4 is 5.32 Å². The van der Waals surface area contributed by atoms with Gasteiger partial charge in [-0.05, 0) is 26.6 Å². The molecule has 0 spiro atoms. The van der Waals surface area contributed by atoms with Crippen molar-refractivity contribution < 1.29 is 4.79 Å². The van der Waals surface area contributed by atoms with Crippen LogP contribution in [0.25, 0.3) is 0 Å². The molecule has 0 fully saturated rings. The zero-order valence-corrected chi connectivity index (χ0v) is 14.6. The predicted octanol–water partition coefficient (Wildman–Crippen LogP) is 1.81. The van der Waals surface area contributed by atoms with Crippen LogP contribution in [0.4, 0.5) is 0 Å². The van der Waals surface area contributed by atoms with Gasteiger partial charge in [0.15, 0.2) is 5.16 Å². The first-order valence-electron chi connectivity index (χ1n) is 7.60. The molecule has 2 rings (SSSR count). The summed E-state index contributed by atoms with van der Waals surface area (Å²) in [5, 5.41) is 11.7. The lowest BCUT2D eigenvalue weighted by molar-refractivity contribution is -0.118. The number of aromatic nitrogens is 3. The first kappa shape index (κ1) is 17.5. The van der Waals surface area contributed by atoms with E-state index in [9.17, 15) is 4.79 Å². The zero-order chi connectivity index (χ0) is 16.7. The molecule has 23 heavy (non-hydrogen) atoms. The normalized spacial score (nSPS) is 12.3. The van der Waals surface area contributed by atoms with Crippen molar-refractivity contribution >= 4 is 17.7 Å². The fourth-order valence-electron chi connectivity index (χ4n) is 2.24. The number of carbonyl (C=O) groups excluding carboxylic acids is 1. The van der Waals surface area contributed by atoms with E-state index in [-0.39, 0.29) is 11.9 Å². The standard InChI is InChI=1S/C16H23N5OS/c1-4-21-12-18-19-16(21)23-11-15(22)17-10-14(20(2)3)13-8-6-5-7-9-13/h5-9,12,14H,4,10-11H2,1-3H3,(H,17,22)/t14-/m0/s1. The second-order valence-corrected chi connectivity index (χ2v) is 6.32. The highest BCUT2D eigenvalue weighted by atomic mass is 32.2. The second kappa shape index (κ2) is 8.69. The Kier molecular flexibility index (Phi) is 6.61. The van der Waals surface area contributed by atoms with Crippen molar-refractivity contribution in [2.24, 2.45) is 0 Å². The van der Waals surface area contributed by atoms with Gasteiger partial charge in [-0.2, -0.15) is 0 Å². The number of hydrogen-bond donors (Lipinski definition) is 1. The van der Waals surface area contributed by atoms with Crippen molar-refractivity contribution in [3.8, 4) is 0 Å². The number of rotatable bonds is 8. The van der Waals surface area contributed by atoms with E-state index in [1.165, 1.54) is 17.3 Å². The van der Waals surface area contributed by atoms with Gasteiger partial charge in [0.2, 0.25) is 5.91 Å². The third-order valence-corrected chi connectivity index (χ3v) is 4.53. The van der Waals surface area contributed by atoms with Crippen LogP contribution in [0.2, 0.25) is 0 Å². The molecule has 0 aliphatic heterocycles. The van der Waals surface area contributed by atoms with Crippen molar-refractivity contribution in [3.63, 3.8) is 0 Å². The number of likely N-dealkylation sites (N-methyl/N-ethyl adjacent to an activating group) is 1. The lowest BCUT2D eigenvalue weighted by Crippen LogP contribution is -2.35. The molecule has 7 heteroatoms. The highest BCUT2D eigenvalue weighted by Crippen LogP contribution is 2.17. The minimum absolute atomic E-state index is 0.00318. The lowest BCUT2D eigenvalue weighted by atomic mass is 10.1. The topological polar surface area (TPSA) is 63.1 Å². The molecule has 6 nitrogen and oxygen atoms in total. The summed E-state index contributed by atoms with van der Waals surface area (Å²) < 4.78 is 1.92. The molecule has 0 radical (unpaired) electrons. The summed E-state index contributed by atoms with van der Waals surface area (Å²) in [6.07, 6.45) is 1.68. The minimum Gasteiger partial charge on any atom is -0.353 e. The maximum atomic E-state index is 12.1. The third kappa shape index (κ3) is 5.07. The van der Waals surface area contributed by atoms with Crippen LogP contribution in [-0.4, -0.2) is 52.0 Å². The molecule has 2 aromatic rings. The van der Waals surface area contributed by atoms with E-state index in [1.54, 1.807) is 6.33 Å². The minimum atomic E-state index is 0.00318. The largest absolute Gasteiger partial charge is 0.353 e. The molecular weight excluding hydrogens is 310 g/mol. The van der Waals surface area contributed by atoms with E-state index in [0.717, 1.165) is 11.7 Å². The molecule has 0 aliphatic rings. The number of hydrogen-bond acceptors (Lipinski definition) is 5. The van der Waals surface area contributed by atoms with E-state index in [0.29, 0.717) is 12.3 Å². The Bertz CT molecular complexity index is 614. The van der Waals surface area contributed by atoms with Crippen LogP contribution in [-0.2, 0) is 11.3 Å². The molecular formula is C16H23N5OS. The van der Waals surface area contributed by atoms with Gasteiger partial charge in [0, 0.05) is 13.1 Å². The summed E-state index contributed by atoms with van der Waals surface area (Å²) in [5.74, 6) is 0.344. The average molecular weight is 333 g/mol. The van der Waals surface area contributed by atoms with Crippen LogP contribution >= 0.6 is 11.8 Å². The summed E-state index contributed by atoms with van der Waals surface area (Å²) >= 11 is 1.41. The number of nitrogens with zero attached hydrogens (tertiary/aromatic N) is 4. The zero-order valence-electron chi connectivity index (χ0n) is 13.8. The monoisotopic (exact) mass is 333 g/mol. The summed E-state index contributed by atoms with van der Waals surface area (Å²) in [4.78, 5) is 14.2. The molecule has 0 unspecified atom stereocenters. The first-order valence-corrected chi connectivity index (χ1v) is 8.59. The molecule has 1 amide bonds. The number of thioether (sulfide) groups is 1. The Morgan fingerprint density at radius 3 is 2.74 bits per heavy atom. The van der Waals surface area contributed by atoms with Gasteiger partial charge in [-0.3, -0.25) is 4.79 Å². The van der Waals surface area contributed by atoms with Gasteiger partial charge in [0.05, 0.1) is 11.8 Å². The fraction of sp³-hybridized carbons (Fsp3) is 0.438. The number of amides is 1. The summed E-state index contributed by atoms with van der Waals surface area (Å²) in [7, 11) is 4.03. The van der Waals surface area contributed by atoms with Gasteiger partial charge in [-0.25, -0.2) is 0 Å². The Labute approximate surface area is 141 Å². The lowest BCUT2D eigenvalue weighted by Gasteiger charge is -2.25. The highest BCUT2D eigenvalue weighted by Gasteiger charge is 2.15. The molecule has 1 aromatic carbocycles. The molecule has 124 valence electrons. The van der Waals surface area contributed by atoms with Crippen LogP contribution in [0.5, 0.6) is 0 Å². The summed E-state index contributed by atoms with van der Waals surface area (Å²) in [6.45, 7) is 3.40. The van der Waals surface area contributed by atoms with Crippen LogP contribution in [0.3, 0.4) is 0 Å². The number of carbonyl (C=O) groups is 1. The predicted molar refractivity (Wildman–Crippen MR) is 92.3 cm³/mol. The van der Waals surface area contributed by atoms with E-state index in [1.807, 2.05) is 43.8 Å². The molecule has 0 aliphatic carbocycles. The van der Waals surface area contributed by atoms with Crippen molar-refractivity contribution in [1.82, 2.24) is 25.0 Å². The number of aryl methyl sites for hydroxylation is 1. The van der Waals surface area contributed by atoms with E-state index in [4.69, 9.17) is 0 Å². The van der Waals surface area contributed by atoms with Gasteiger partial charge >= 0.3 is 0 Å². The van der Waals surface area contributed by atoms with Crippen LogP contribution in [0.1, 0.15) is 18.5 Å². The van der Waals surface area contributed by atoms with E-state index < -0.39 is 0 Å². The first-order chi connectivity index (χ1) is 11.1. The van der Waals surface area contributed by atoms with Gasteiger partial charge in [-0.15, -0.1) is 10.2 Å². The Morgan fingerprint density at radius 2 is 2.09 bits per heavy atom. The highest BCUT2D eigenvalue weighted by molar-refractivity contribution is 7.99. The van der Waals surface area contributed by atoms with E-state index >= 15 is 0 Å². The van der Waals surface area contributed by atoms with Crippen LogP contribution in [0, 0.1) is 0 Å². The number of benzene rings is 1. The van der Waals surface area contributed by atoms with Crippen molar-refractivity contribution in [2.75, 3.05) is 26.4 Å². The van der Waals surface area contributed by atoms with Gasteiger partial charge in [-0.1, -0.05) is 42.1 Å². The average Bonchev–Trinajstić information content (AvgIpc) is 3.01. The summed E-state index contributed by atoms with van der Waals surface area (Å²) in [6, 6.07) is 10.3. The fourth-order valence-corrected chi connectivity index (χ4v) is 3.05. The Morgan fingerprint density at radius 1 is 1.35 bits per heavy atom. The molecule has 0 saturated heterocycles. The smallest absolute Gasteiger partial charge is 0.230 e. The Balaban J connectivity index is 1.85. The van der Waals surface area contributed by atoms with Crippen LogP contribution in [0.15, 0.2) is 41.8 Å². The van der Waals surface area contributed by atoms with Crippen molar-refractivity contribution in [3.05, 3.63) is 42.2 Å². The van der Waals surface area contributed by atoms with Gasteiger partial charge in [0.1, 0.15) is 6.33 Å². The SMILES string of the molecule is CCn1cnnc1SCC(=O)NC[C@@H](c1ccccc1)N(C)C. The number of nitrogens with one attached hydrogen (secondary N) is 1. The quantitative estimate of drug-likeness (QED) is 0.747.